The average Bonchev–Trinajstić information content (AvgIpc) is 2.53. The maximum Gasteiger partial charge on any atom is 0.379 e. The first kappa shape index (κ1) is 20.7. The molecule has 5 nitrogen and oxygen atoms in total. The fourth-order valence-corrected chi connectivity index (χ4v) is 2.44. The Bertz CT molecular complexity index is 707. The zero-order valence-electron chi connectivity index (χ0n) is 14.5. The largest absolute Gasteiger partial charge is 0.465 e. The molecule has 0 aliphatic carbocycles. The van der Waals surface area contributed by atoms with Crippen molar-refractivity contribution in [2.45, 2.75) is 25.7 Å². The molecule has 0 bridgehead atoms. The summed E-state index contributed by atoms with van der Waals surface area (Å²) in [6.45, 7) is 6.29. The van der Waals surface area contributed by atoms with Gasteiger partial charge in [-0.3, -0.25) is 4.79 Å². The standard InChI is InChI=1S/C17H20F2O5Si/c1-23-16(21)12(9-11-5-6-13(18)14(19)10-11)15(20)17(22)24-7-8-25(2,3)4/h5-6,9-10H,7-8H2,1-4H3/b12-9-. The van der Waals surface area contributed by atoms with E-state index in [0.717, 1.165) is 31.4 Å². The van der Waals surface area contributed by atoms with Gasteiger partial charge in [-0.15, -0.1) is 0 Å². The highest BCUT2D eigenvalue weighted by atomic mass is 28.3. The van der Waals surface area contributed by atoms with Crippen LogP contribution in [0.5, 0.6) is 0 Å². The van der Waals surface area contributed by atoms with E-state index in [-0.39, 0.29) is 12.2 Å². The number of benzene rings is 1. The zero-order valence-corrected chi connectivity index (χ0v) is 15.5. The molecule has 0 atom stereocenters. The fraction of sp³-hybridized carbons (Fsp3) is 0.353. The van der Waals surface area contributed by atoms with E-state index < -0.39 is 43.0 Å². The van der Waals surface area contributed by atoms with E-state index in [1.807, 2.05) is 0 Å². The van der Waals surface area contributed by atoms with Gasteiger partial charge in [0, 0.05) is 8.07 Å². The molecule has 0 fully saturated rings. The van der Waals surface area contributed by atoms with Crippen LogP contribution < -0.4 is 0 Å². The molecule has 1 rings (SSSR count). The lowest BCUT2D eigenvalue weighted by atomic mass is 10.1. The predicted molar refractivity (Wildman–Crippen MR) is 90.5 cm³/mol. The Hall–Kier alpha value is -2.35. The number of rotatable bonds is 7. The van der Waals surface area contributed by atoms with Gasteiger partial charge in [0.05, 0.1) is 13.7 Å². The van der Waals surface area contributed by atoms with Crippen molar-refractivity contribution >= 4 is 31.9 Å². The second-order valence-corrected chi connectivity index (χ2v) is 12.1. The molecular formula is C17H20F2O5Si. The summed E-state index contributed by atoms with van der Waals surface area (Å²) in [6, 6.07) is 3.45. The van der Waals surface area contributed by atoms with Crippen LogP contribution in [0, 0.1) is 11.6 Å². The molecule has 1 aromatic carbocycles. The summed E-state index contributed by atoms with van der Waals surface area (Å²) in [5, 5.41) is 0. The van der Waals surface area contributed by atoms with Crippen LogP contribution in [0.1, 0.15) is 5.56 Å². The maximum atomic E-state index is 13.3. The van der Waals surface area contributed by atoms with Crippen molar-refractivity contribution in [3.05, 3.63) is 41.0 Å². The van der Waals surface area contributed by atoms with Gasteiger partial charge in [0.2, 0.25) is 0 Å². The molecule has 8 heteroatoms. The van der Waals surface area contributed by atoms with Crippen LogP contribution in [-0.2, 0) is 23.9 Å². The number of Topliss-reactive ketones (excluding diaryl/α,β-unsaturated/α-hetero) is 1. The van der Waals surface area contributed by atoms with Gasteiger partial charge in [0.1, 0.15) is 5.57 Å². The van der Waals surface area contributed by atoms with Crippen LogP contribution in [0.4, 0.5) is 8.78 Å². The van der Waals surface area contributed by atoms with Crippen LogP contribution in [0.3, 0.4) is 0 Å². The monoisotopic (exact) mass is 370 g/mol. The lowest BCUT2D eigenvalue weighted by molar-refractivity contribution is -0.153. The highest BCUT2D eigenvalue weighted by Gasteiger charge is 2.27. The zero-order chi connectivity index (χ0) is 19.2. The number of esters is 2. The van der Waals surface area contributed by atoms with E-state index in [2.05, 4.69) is 24.4 Å². The highest BCUT2D eigenvalue weighted by Crippen LogP contribution is 2.14. The Morgan fingerprint density at radius 3 is 2.24 bits per heavy atom. The van der Waals surface area contributed by atoms with Crippen molar-refractivity contribution in [2.24, 2.45) is 0 Å². The number of ketones is 1. The number of carbonyl (C=O) groups is 3. The Labute approximate surface area is 145 Å². The molecule has 0 saturated carbocycles. The lowest BCUT2D eigenvalue weighted by Gasteiger charge is -2.15. The van der Waals surface area contributed by atoms with Crippen molar-refractivity contribution in [2.75, 3.05) is 13.7 Å². The summed E-state index contributed by atoms with van der Waals surface area (Å²) in [6.07, 6.45) is 0.955. The summed E-state index contributed by atoms with van der Waals surface area (Å²) in [5.74, 6) is -5.70. The number of hydrogen-bond acceptors (Lipinski definition) is 5. The second-order valence-electron chi connectivity index (χ2n) is 6.50. The van der Waals surface area contributed by atoms with Crippen molar-refractivity contribution in [3.63, 3.8) is 0 Å². The first-order chi connectivity index (χ1) is 11.5. The third-order valence-corrected chi connectivity index (χ3v) is 4.88. The van der Waals surface area contributed by atoms with Gasteiger partial charge in [0.25, 0.3) is 5.78 Å². The van der Waals surface area contributed by atoms with E-state index >= 15 is 0 Å². The highest BCUT2D eigenvalue weighted by molar-refractivity contribution is 6.76. The van der Waals surface area contributed by atoms with Gasteiger partial charge < -0.3 is 9.47 Å². The molecule has 0 aliphatic rings. The molecule has 0 aromatic heterocycles. The topological polar surface area (TPSA) is 69.7 Å². The van der Waals surface area contributed by atoms with E-state index in [0.29, 0.717) is 6.04 Å². The van der Waals surface area contributed by atoms with Crippen molar-refractivity contribution in [1.82, 2.24) is 0 Å². The van der Waals surface area contributed by atoms with E-state index in [9.17, 15) is 23.2 Å². The number of halogens is 2. The van der Waals surface area contributed by atoms with Gasteiger partial charge in [-0.05, 0) is 29.8 Å². The molecule has 0 N–H and O–H groups in total. The van der Waals surface area contributed by atoms with Gasteiger partial charge >= 0.3 is 11.9 Å². The molecule has 0 heterocycles. The van der Waals surface area contributed by atoms with Crippen LogP contribution in [-0.4, -0.2) is 39.5 Å². The third kappa shape index (κ3) is 6.58. The fourth-order valence-electron chi connectivity index (χ4n) is 1.72. The Balaban J connectivity index is 2.99. The summed E-state index contributed by atoms with van der Waals surface area (Å²) in [5.41, 5.74) is -0.589. The molecule has 0 spiro atoms. The molecular weight excluding hydrogens is 350 g/mol. The van der Waals surface area contributed by atoms with Crippen molar-refractivity contribution in [3.8, 4) is 0 Å². The summed E-state index contributed by atoms with van der Waals surface area (Å²) < 4.78 is 35.6. The lowest BCUT2D eigenvalue weighted by Crippen LogP contribution is -2.27. The normalized spacial score (nSPS) is 11.8. The van der Waals surface area contributed by atoms with E-state index in [1.165, 1.54) is 0 Å². The number of hydrogen-bond donors (Lipinski definition) is 0. The molecule has 25 heavy (non-hydrogen) atoms. The first-order valence-electron chi connectivity index (χ1n) is 7.51. The molecule has 0 radical (unpaired) electrons. The number of methoxy groups -OCH3 is 1. The van der Waals surface area contributed by atoms with Crippen molar-refractivity contribution < 1.29 is 32.6 Å². The van der Waals surface area contributed by atoms with E-state index in [1.54, 1.807) is 0 Å². The molecule has 1 aromatic rings. The Morgan fingerprint density at radius 1 is 1.08 bits per heavy atom. The first-order valence-corrected chi connectivity index (χ1v) is 11.2. The van der Waals surface area contributed by atoms with Crippen LogP contribution >= 0.6 is 0 Å². The predicted octanol–water partition coefficient (Wildman–Crippen LogP) is 2.97. The maximum absolute atomic E-state index is 13.3. The Kier molecular flexibility index (Phi) is 7.17. The smallest absolute Gasteiger partial charge is 0.379 e. The molecule has 0 saturated heterocycles. The van der Waals surface area contributed by atoms with Crippen LogP contribution in [0.15, 0.2) is 23.8 Å². The van der Waals surface area contributed by atoms with E-state index in [4.69, 9.17) is 4.74 Å². The van der Waals surface area contributed by atoms with Crippen molar-refractivity contribution in [1.29, 1.82) is 0 Å². The molecule has 0 amide bonds. The molecule has 0 aliphatic heterocycles. The minimum absolute atomic E-state index is 0.0301. The minimum Gasteiger partial charge on any atom is -0.465 e. The second kappa shape index (κ2) is 8.66. The average molecular weight is 370 g/mol. The van der Waals surface area contributed by atoms with Gasteiger partial charge in [0.15, 0.2) is 11.6 Å². The molecule has 136 valence electrons. The van der Waals surface area contributed by atoms with Gasteiger partial charge in [-0.25, -0.2) is 18.4 Å². The van der Waals surface area contributed by atoms with Gasteiger partial charge in [-0.2, -0.15) is 0 Å². The Morgan fingerprint density at radius 2 is 1.72 bits per heavy atom. The summed E-state index contributed by atoms with van der Waals surface area (Å²) in [4.78, 5) is 35.8. The quantitative estimate of drug-likeness (QED) is 0.184. The van der Waals surface area contributed by atoms with Crippen LogP contribution in [0.2, 0.25) is 25.7 Å². The minimum atomic E-state index is -1.46. The number of carbonyl (C=O) groups excluding carboxylic acids is 3. The SMILES string of the molecule is COC(=O)/C(=C\c1ccc(F)c(F)c1)C(=O)C(=O)OCC[Si](C)(C)C. The number of ether oxygens (including phenoxy) is 2. The molecule has 0 unspecified atom stereocenters. The van der Waals surface area contributed by atoms with Crippen LogP contribution in [0.25, 0.3) is 6.08 Å². The summed E-state index contributed by atoms with van der Waals surface area (Å²) in [7, 11) is -0.426. The van der Waals surface area contributed by atoms with Gasteiger partial charge in [-0.1, -0.05) is 25.7 Å². The third-order valence-electron chi connectivity index (χ3n) is 3.18. The summed E-state index contributed by atoms with van der Waals surface area (Å²) >= 11 is 0.